The molecule has 2 aromatic carbocycles. The predicted molar refractivity (Wildman–Crippen MR) is 69.1 cm³/mol. The van der Waals surface area contributed by atoms with E-state index in [4.69, 9.17) is 4.84 Å². The minimum absolute atomic E-state index is 0.0894. The molecule has 2 nitrogen and oxygen atoms in total. The molecule has 0 saturated heterocycles. The van der Waals surface area contributed by atoms with Crippen LogP contribution in [-0.2, 0) is 11.4 Å². The van der Waals surface area contributed by atoms with Crippen LogP contribution in [0.15, 0.2) is 53.7 Å². The first-order valence-electron chi connectivity index (χ1n) is 5.86. The van der Waals surface area contributed by atoms with Crippen molar-refractivity contribution in [1.29, 1.82) is 0 Å². The molecule has 0 fully saturated rings. The lowest BCUT2D eigenvalue weighted by Crippen LogP contribution is -1.96. The molecule has 0 aliphatic heterocycles. The van der Waals surface area contributed by atoms with Crippen molar-refractivity contribution in [2.45, 2.75) is 13.0 Å². The quantitative estimate of drug-likeness (QED) is 0.593. The van der Waals surface area contributed by atoms with E-state index < -0.39 is 12.2 Å². The highest BCUT2D eigenvalue weighted by atomic mass is 19.3. The van der Waals surface area contributed by atoms with Gasteiger partial charge >= 0.3 is 0 Å². The maximum absolute atomic E-state index is 12.9. The second-order valence-corrected chi connectivity index (χ2v) is 3.99. The first kappa shape index (κ1) is 14.1. The third kappa shape index (κ3) is 3.85. The van der Waals surface area contributed by atoms with Gasteiger partial charge in [0.25, 0.3) is 6.43 Å². The Labute approximate surface area is 114 Å². The minimum atomic E-state index is -2.56. The Balaban J connectivity index is 1.96. The topological polar surface area (TPSA) is 21.6 Å². The Hall–Kier alpha value is -2.30. The van der Waals surface area contributed by atoms with Crippen LogP contribution in [0, 0.1) is 5.82 Å². The molecule has 0 unspecified atom stereocenters. The van der Waals surface area contributed by atoms with Gasteiger partial charge in [0, 0.05) is 16.7 Å². The van der Waals surface area contributed by atoms with Crippen LogP contribution < -0.4 is 0 Å². The molecular formula is C15H11F3NO. The van der Waals surface area contributed by atoms with E-state index in [1.54, 1.807) is 18.2 Å². The van der Waals surface area contributed by atoms with Crippen molar-refractivity contribution in [3.05, 3.63) is 71.0 Å². The molecule has 0 amide bonds. The Morgan fingerprint density at radius 3 is 2.65 bits per heavy atom. The Kier molecular flexibility index (Phi) is 4.76. The van der Waals surface area contributed by atoms with Crippen molar-refractivity contribution in [3.63, 3.8) is 0 Å². The lowest BCUT2D eigenvalue weighted by molar-refractivity contribution is 0.120. The number of hydrogen-bond donors (Lipinski definition) is 0. The van der Waals surface area contributed by atoms with Gasteiger partial charge in [0.15, 0.2) is 0 Å². The summed E-state index contributed by atoms with van der Waals surface area (Å²) in [6, 6.07) is 11.7. The molecule has 0 N–H and O–H groups in total. The third-order valence-electron chi connectivity index (χ3n) is 2.57. The van der Waals surface area contributed by atoms with Gasteiger partial charge in [-0.2, -0.15) is 0 Å². The molecule has 0 spiro atoms. The van der Waals surface area contributed by atoms with Crippen LogP contribution in [-0.4, -0.2) is 6.21 Å². The van der Waals surface area contributed by atoms with Crippen LogP contribution in [0.4, 0.5) is 13.2 Å². The van der Waals surface area contributed by atoms with E-state index in [9.17, 15) is 13.2 Å². The molecule has 0 atom stereocenters. The first-order chi connectivity index (χ1) is 9.66. The van der Waals surface area contributed by atoms with Gasteiger partial charge in [-0.15, -0.1) is 0 Å². The average Bonchev–Trinajstić information content (AvgIpc) is 2.44. The van der Waals surface area contributed by atoms with Gasteiger partial charge in [-0.1, -0.05) is 41.6 Å². The summed E-state index contributed by atoms with van der Waals surface area (Å²) in [5, 5.41) is 3.52. The molecule has 0 bridgehead atoms. The highest BCUT2D eigenvalue weighted by Crippen LogP contribution is 2.23. The summed E-state index contributed by atoms with van der Waals surface area (Å²) < 4.78 is 38.3. The highest BCUT2D eigenvalue weighted by Gasteiger charge is 2.11. The molecule has 5 heteroatoms. The Morgan fingerprint density at radius 2 is 1.90 bits per heavy atom. The molecule has 0 aliphatic rings. The van der Waals surface area contributed by atoms with E-state index in [0.717, 1.165) is 0 Å². The van der Waals surface area contributed by atoms with E-state index in [1.807, 2.05) is 0 Å². The second kappa shape index (κ2) is 6.75. The van der Waals surface area contributed by atoms with Gasteiger partial charge in [0.2, 0.25) is 0 Å². The van der Waals surface area contributed by atoms with Gasteiger partial charge in [-0.05, 0) is 12.1 Å². The van der Waals surface area contributed by atoms with Gasteiger partial charge in [0.1, 0.15) is 18.6 Å². The lowest BCUT2D eigenvalue weighted by Gasteiger charge is -2.06. The molecule has 1 radical (unpaired) electrons. The van der Waals surface area contributed by atoms with Crippen LogP contribution in [0.5, 0.6) is 0 Å². The molecule has 2 rings (SSSR count). The van der Waals surface area contributed by atoms with E-state index in [1.165, 1.54) is 30.3 Å². The number of hydrogen-bond acceptors (Lipinski definition) is 2. The van der Waals surface area contributed by atoms with Crippen molar-refractivity contribution in [2.75, 3.05) is 0 Å². The molecule has 20 heavy (non-hydrogen) atoms. The largest absolute Gasteiger partial charge is 0.390 e. The van der Waals surface area contributed by atoms with Gasteiger partial charge in [-0.25, -0.2) is 13.2 Å². The summed E-state index contributed by atoms with van der Waals surface area (Å²) in [6.07, 6.45) is -0.0842. The SMILES string of the molecule is Fc1cccc(/[C]=N\OCc2ccccc2C(F)F)c1. The summed E-state index contributed by atoms with van der Waals surface area (Å²) in [5.74, 6) is -0.409. The van der Waals surface area contributed by atoms with E-state index >= 15 is 0 Å². The number of rotatable bonds is 5. The average molecular weight is 278 g/mol. The normalized spacial score (nSPS) is 11.2. The zero-order valence-corrected chi connectivity index (χ0v) is 10.4. The third-order valence-corrected chi connectivity index (χ3v) is 2.57. The van der Waals surface area contributed by atoms with E-state index in [2.05, 4.69) is 11.4 Å². The summed E-state index contributed by atoms with van der Waals surface area (Å²) >= 11 is 0. The molecule has 0 saturated carbocycles. The van der Waals surface area contributed by atoms with Crippen LogP contribution in [0.3, 0.4) is 0 Å². The smallest absolute Gasteiger partial charge is 0.264 e. The van der Waals surface area contributed by atoms with Crippen LogP contribution in [0.2, 0.25) is 0 Å². The van der Waals surface area contributed by atoms with Crippen molar-refractivity contribution < 1.29 is 18.0 Å². The van der Waals surface area contributed by atoms with Crippen molar-refractivity contribution in [2.24, 2.45) is 5.16 Å². The van der Waals surface area contributed by atoms with Crippen LogP contribution in [0.25, 0.3) is 0 Å². The van der Waals surface area contributed by atoms with Crippen molar-refractivity contribution in [3.8, 4) is 0 Å². The zero-order chi connectivity index (χ0) is 14.4. The molecular weight excluding hydrogens is 267 g/mol. The number of benzene rings is 2. The predicted octanol–water partition coefficient (Wildman–Crippen LogP) is 4.19. The van der Waals surface area contributed by atoms with Gasteiger partial charge in [-0.3, -0.25) is 0 Å². The lowest BCUT2D eigenvalue weighted by atomic mass is 10.1. The van der Waals surface area contributed by atoms with Crippen LogP contribution >= 0.6 is 0 Å². The monoisotopic (exact) mass is 278 g/mol. The van der Waals surface area contributed by atoms with Gasteiger partial charge < -0.3 is 4.84 Å². The van der Waals surface area contributed by atoms with Crippen molar-refractivity contribution in [1.82, 2.24) is 0 Å². The summed E-state index contributed by atoms with van der Waals surface area (Å²) in [7, 11) is 0. The summed E-state index contributed by atoms with van der Waals surface area (Å²) in [5.41, 5.74) is 0.674. The minimum Gasteiger partial charge on any atom is -0.390 e. The molecule has 0 heterocycles. The number of nitrogens with zero attached hydrogens (tertiary/aromatic N) is 1. The molecule has 0 aliphatic carbocycles. The van der Waals surface area contributed by atoms with E-state index in [0.29, 0.717) is 11.1 Å². The zero-order valence-electron chi connectivity index (χ0n) is 10.4. The highest BCUT2D eigenvalue weighted by molar-refractivity contribution is 5.78. The van der Waals surface area contributed by atoms with Crippen LogP contribution in [0.1, 0.15) is 23.1 Å². The second-order valence-electron chi connectivity index (χ2n) is 3.99. The summed E-state index contributed by atoms with van der Waals surface area (Å²) in [4.78, 5) is 4.91. The standard InChI is InChI=1S/C15H11F3NO/c16-13-6-3-4-11(8-13)9-19-20-10-12-5-1-2-7-14(12)15(17)18/h1-8,15H,10H2. The number of halogens is 3. The Bertz CT molecular complexity index is 599. The van der Waals surface area contributed by atoms with Crippen molar-refractivity contribution >= 4 is 6.21 Å². The Morgan fingerprint density at radius 1 is 1.10 bits per heavy atom. The first-order valence-corrected chi connectivity index (χ1v) is 5.86. The molecule has 0 aromatic heterocycles. The fourth-order valence-electron chi connectivity index (χ4n) is 1.62. The fraction of sp³-hybridized carbons (Fsp3) is 0.133. The molecule has 103 valence electrons. The fourth-order valence-corrected chi connectivity index (χ4v) is 1.62. The maximum Gasteiger partial charge on any atom is 0.264 e. The molecule has 2 aromatic rings. The number of alkyl halides is 2. The van der Waals surface area contributed by atoms with E-state index in [-0.39, 0.29) is 12.2 Å². The van der Waals surface area contributed by atoms with Gasteiger partial charge in [0.05, 0.1) is 0 Å². The summed E-state index contributed by atoms with van der Waals surface area (Å²) in [6.45, 7) is -0.0944. The maximum atomic E-state index is 12.9.